The predicted octanol–water partition coefficient (Wildman–Crippen LogP) is 0.248. The van der Waals surface area contributed by atoms with E-state index in [9.17, 15) is 14.7 Å². The maximum atomic E-state index is 12.2. The van der Waals surface area contributed by atoms with Crippen LogP contribution in [0.2, 0.25) is 0 Å². The standard InChI is InChI=1S/C13H16N2O4S/c14-10(5-8-1-3-9(16)4-2-8)12(17)15-7-20-6-11(15)13(18)19/h1-4,10-11,16H,5-7,14H2,(H,18,19). The van der Waals surface area contributed by atoms with Crippen molar-refractivity contribution in [1.29, 1.82) is 0 Å². The Hall–Kier alpha value is -1.73. The highest BCUT2D eigenvalue weighted by Crippen LogP contribution is 2.22. The fourth-order valence-electron chi connectivity index (χ4n) is 2.05. The van der Waals surface area contributed by atoms with E-state index in [1.165, 1.54) is 28.8 Å². The van der Waals surface area contributed by atoms with Crippen molar-refractivity contribution < 1.29 is 19.8 Å². The second kappa shape index (κ2) is 6.15. The molecule has 7 heteroatoms. The quantitative estimate of drug-likeness (QED) is 0.735. The smallest absolute Gasteiger partial charge is 0.327 e. The number of hydrogen-bond donors (Lipinski definition) is 3. The molecule has 1 aliphatic rings. The Morgan fingerprint density at radius 1 is 1.40 bits per heavy atom. The van der Waals surface area contributed by atoms with Crippen LogP contribution in [0, 0.1) is 0 Å². The van der Waals surface area contributed by atoms with E-state index in [-0.39, 0.29) is 11.7 Å². The number of aliphatic carboxylic acids is 1. The van der Waals surface area contributed by atoms with Gasteiger partial charge < -0.3 is 20.8 Å². The number of thioether (sulfide) groups is 1. The third-order valence-corrected chi connectivity index (χ3v) is 4.17. The van der Waals surface area contributed by atoms with E-state index in [0.717, 1.165) is 5.56 Å². The first kappa shape index (κ1) is 14.7. The predicted molar refractivity (Wildman–Crippen MR) is 75.4 cm³/mol. The molecule has 1 amide bonds. The molecule has 1 fully saturated rings. The normalized spacial score (nSPS) is 19.9. The van der Waals surface area contributed by atoms with Gasteiger partial charge in [-0.15, -0.1) is 11.8 Å². The molecule has 1 aliphatic heterocycles. The van der Waals surface area contributed by atoms with Crippen LogP contribution in [0.25, 0.3) is 0 Å². The lowest BCUT2D eigenvalue weighted by Crippen LogP contribution is -2.49. The van der Waals surface area contributed by atoms with E-state index >= 15 is 0 Å². The summed E-state index contributed by atoms with van der Waals surface area (Å²) in [5.41, 5.74) is 6.70. The Morgan fingerprint density at radius 2 is 2.05 bits per heavy atom. The average Bonchev–Trinajstić information content (AvgIpc) is 2.90. The number of rotatable bonds is 4. The summed E-state index contributed by atoms with van der Waals surface area (Å²) in [4.78, 5) is 24.6. The number of hydrogen-bond acceptors (Lipinski definition) is 5. The van der Waals surface area contributed by atoms with Gasteiger partial charge in [0.2, 0.25) is 5.91 Å². The number of phenols is 1. The summed E-state index contributed by atoms with van der Waals surface area (Å²) < 4.78 is 0. The number of nitrogens with two attached hydrogens (primary N) is 1. The van der Waals surface area contributed by atoms with E-state index < -0.39 is 18.1 Å². The molecule has 0 spiro atoms. The number of aromatic hydroxyl groups is 1. The SMILES string of the molecule is NC(Cc1ccc(O)cc1)C(=O)N1CSCC1C(=O)O. The van der Waals surface area contributed by atoms with Gasteiger partial charge in [0.15, 0.2) is 0 Å². The largest absolute Gasteiger partial charge is 0.508 e. The van der Waals surface area contributed by atoms with Gasteiger partial charge >= 0.3 is 5.97 Å². The Kier molecular flexibility index (Phi) is 4.51. The van der Waals surface area contributed by atoms with Gasteiger partial charge in [0.05, 0.1) is 11.9 Å². The number of phenolic OH excluding ortho intramolecular Hbond substituents is 1. The van der Waals surface area contributed by atoms with Crippen LogP contribution < -0.4 is 5.73 Å². The zero-order valence-corrected chi connectivity index (χ0v) is 11.5. The van der Waals surface area contributed by atoms with Crippen LogP contribution in [0.4, 0.5) is 0 Å². The van der Waals surface area contributed by atoms with Crippen molar-refractivity contribution >= 4 is 23.6 Å². The highest BCUT2D eigenvalue weighted by atomic mass is 32.2. The number of carbonyl (C=O) groups is 2. The molecule has 2 rings (SSSR count). The molecule has 1 aromatic carbocycles. The molecular weight excluding hydrogens is 280 g/mol. The summed E-state index contributed by atoms with van der Waals surface area (Å²) >= 11 is 1.41. The number of carbonyl (C=O) groups excluding carboxylic acids is 1. The van der Waals surface area contributed by atoms with Crippen LogP contribution in [-0.2, 0) is 16.0 Å². The minimum Gasteiger partial charge on any atom is -0.508 e. The van der Waals surface area contributed by atoms with Gasteiger partial charge in [-0.05, 0) is 24.1 Å². The molecule has 1 saturated heterocycles. The van der Waals surface area contributed by atoms with Gasteiger partial charge in [0, 0.05) is 5.75 Å². The molecule has 0 radical (unpaired) electrons. The second-order valence-electron chi connectivity index (χ2n) is 4.64. The van der Waals surface area contributed by atoms with Crippen molar-refractivity contribution in [3.8, 4) is 5.75 Å². The molecule has 2 unspecified atom stereocenters. The lowest BCUT2D eigenvalue weighted by atomic mass is 10.0. The van der Waals surface area contributed by atoms with Crippen molar-refractivity contribution in [2.45, 2.75) is 18.5 Å². The summed E-state index contributed by atoms with van der Waals surface area (Å²) in [6.45, 7) is 0. The first-order chi connectivity index (χ1) is 9.49. The molecule has 0 saturated carbocycles. The lowest BCUT2D eigenvalue weighted by molar-refractivity contribution is -0.148. The molecule has 0 aromatic heterocycles. The maximum absolute atomic E-state index is 12.2. The third-order valence-electron chi connectivity index (χ3n) is 3.16. The van der Waals surface area contributed by atoms with E-state index in [1.54, 1.807) is 12.1 Å². The van der Waals surface area contributed by atoms with Crippen LogP contribution in [0.15, 0.2) is 24.3 Å². The molecule has 1 aromatic rings. The molecule has 20 heavy (non-hydrogen) atoms. The van der Waals surface area contributed by atoms with Gasteiger partial charge in [-0.1, -0.05) is 12.1 Å². The molecule has 2 atom stereocenters. The highest BCUT2D eigenvalue weighted by molar-refractivity contribution is 7.99. The number of carboxylic acid groups (broad SMARTS) is 1. The molecule has 1 heterocycles. The van der Waals surface area contributed by atoms with E-state index in [4.69, 9.17) is 10.8 Å². The number of benzene rings is 1. The second-order valence-corrected chi connectivity index (χ2v) is 5.64. The van der Waals surface area contributed by atoms with Crippen molar-refractivity contribution in [2.24, 2.45) is 5.73 Å². The summed E-state index contributed by atoms with van der Waals surface area (Å²) in [6.07, 6.45) is 0.312. The molecule has 6 nitrogen and oxygen atoms in total. The van der Waals surface area contributed by atoms with E-state index in [2.05, 4.69) is 0 Å². The molecule has 4 N–H and O–H groups in total. The number of nitrogens with zero attached hydrogens (tertiary/aromatic N) is 1. The van der Waals surface area contributed by atoms with Crippen LogP contribution in [-0.4, -0.2) is 50.7 Å². The topological polar surface area (TPSA) is 104 Å². The lowest BCUT2D eigenvalue weighted by Gasteiger charge is -2.24. The van der Waals surface area contributed by atoms with Gasteiger partial charge in [0.1, 0.15) is 11.8 Å². The van der Waals surface area contributed by atoms with Crippen molar-refractivity contribution in [2.75, 3.05) is 11.6 Å². The summed E-state index contributed by atoms with van der Waals surface area (Å²) in [6, 6.07) is 4.86. The van der Waals surface area contributed by atoms with Gasteiger partial charge in [-0.2, -0.15) is 0 Å². The number of amides is 1. The van der Waals surface area contributed by atoms with Crippen LogP contribution in [0.5, 0.6) is 5.75 Å². The highest BCUT2D eigenvalue weighted by Gasteiger charge is 2.36. The first-order valence-corrected chi connectivity index (χ1v) is 7.29. The van der Waals surface area contributed by atoms with Crippen LogP contribution >= 0.6 is 11.8 Å². The van der Waals surface area contributed by atoms with Gasteiger partial charge in [-0.3, -0.25) is 4.79 Å². The first-order valence-electron chi connectivity index (χ1n) is 6.13. The Labute approximate surface area is 120 Å². The molecular formula is C13H16N2O4S. The van der Waals surface area contributed by atoms with Gasteiger partial charge in [0.25, 0.3) is 0 Å². The number of carboxylic acids is 1. The minimum atomic E-state index is -1.000. The van der Waals surface area contributed by atoms with Crippen LogP contribution in [0.3, 0.4) is 0 Å². The Balaban J connectivity index is 2.01. The summed E-state index contributed by atoms with van der Waals surface area (Å²) in [7, 11) is 0. The third kappa shape index (κ3) is 3.23. The zero-order valence-electron chi connectivity index (χ0n) is 10.7. The van der Waals surface area contributed by atoms with E-state index in [1.807, 2.05) is 0 Å². The minimum absolute atomic E-state index is 0.149. The van der Waals surface area contributed by atoms with Crippen molar-refractivity contribution in [3.63, 3.8) is 0 Å². The Bertz CT molecular complexity index is 506. The average molecular weight is 296 g/mol. The van der Waals surface area contributed by atoms with Crippen molar-refractivity contribution in [3.05, 3.63) is 29.8 Å². The van der Waals surface area contributed by atoms with Crippen molar-refractivity contribution in [1.82, 2.24) is 4.90 Å². The molecule has 0 aliphatic carbocycles. The summed E-state index contributed by atoms with van der Waals surface area (Å²) in [5.74, 6) is -0.447. The fraction of sp³-hybridized carbons (Fsp3) is 0.385. The van der Waals surface area contributed by atoms with Gasteiger partial charge in [-0.25, -0.2) is 4.79 Å². The maximum Gasteiger partial charge on any atom is 0.327 e. The summed E-state index contributed by atoms with van der Waals surface area (Å²) in [5, 5.41) is 18.3. The van der Waals surface area contributed by atoms with E-state index in [0.29, 0.717) is 18.1 Å². The molecule has 108 valence electrons. The molecule has 0 bridgehead atoms. The zero-order chi connectivity index (χ0) is 14.7. The fourth-order valence-corrected chi connectivity index (χ4v) is 3.21. The van der Waals surface area contributed by atoms with Crippen LogP contribution in [0.1, 0.15) is 5.56 Å². The monoisotopic (exact) mass is 296 g/mol. The Morgan fingerprint density at radius 3 is 2.65 bits per heavy atom.